The molecule has 0 spiro atoms. The van der Waals surface area contributed by atoms with Crippen molar-refractivity contribution < 1.29 is 23.8 Å². The molecule has 2 amide bonds. The molecule has 1 aliphatic heterocycles. The molecule has 3 N–H and O–H groups in total. The predicted octanol–water partition coefficient (Wildman–Crippen LogP) is 3.48. The number of Topliss-reactive ketones (excluding diaryl/α,β-unsaturated/α-hetero) is 1. The Labute approximate surface area is 201 Å². The van der Waals surface area contributed by atoms with Crippen molar-refractivity contribution in [2.45, 2.75) is 30.1 Å². The van der Waals surface area contributed by atoms with Crippen LogP contribution in [0.1, 0.15) is 29.2 Å². The maximum absolute atomic E-state index is 14.8. The summed E-state index contributed by atoms with van der Waals surface area (Å²) in [5, 5.41) is 21.0. The van der Waals surface area contributed by atoms with E-state index in [1.165, 1.54) is 11.0 Å². The third kappa shape index (κ3) is 6.02. The molecule has 0 aromatic heterocycles. The van der Waals surface area contributed by atoms with Crippen LogP contribution in [0.2, 0.25) is 0 Å². The average Bonchev–Trinajstić information content (AvgIpc) is 3.23. The van der Waals surface area contributed by atoms with Gasteiger partial charge in [0.2, 0.25) is 5.78 Å². The zero-order chi connectivity index (χ0) is 25.0. The van der Waals surface area contributed by atoms with Crippen molar-refractivity contribution >= 4 is 27.6 Å². The summed E-state index contributed by atoms with van der Waals surface area (Å²) in [6.45, 7) is 0.951. The van der Waals surface area contributed by atoms with Gasteiger partial charge in [0.15, 0.2) is 0 Å². The summed E-state index contributed by atoms with van der Waals surface area (Å²) in [5.74, 6) is -1.10. The molecule has 1 aliphatic rings. The van der Waals surface area contributed by atoms with Crippen LogP contribution in [-0.4, -0.2) is 72.6 Å². The Morgan fingerprint density at radius 1 is 1.24 bits per heavy atom. The highest BCUT2D eigenvalue weighted by molar-refractivity contribution is 8.32. The number of hydrogen-bond donors (Lipinski definition) is 3. The quantitative estimate of drug-likeness (QED) is 0.494. The van der Waals surface area contributed by atoms with Gasteiger partial charge in [0.1, 0.15) is 17.6 Å². The number of carbonyl (C=O) groups excluding carboxylic acids is 2. The van der Waals surface area contributed by atoms with Crippen LogP contribution in [0.3, 0.4) is 0 Å². The monoisotopic (exact) mass is 489 g/mol. The van der Waals surface area contributed by atoms with Gasteiger partial charge in [-0.1, -0.05) is 30.3 Å². The van der Waals surface area contributed by atoms with Crippen LogP contribution in [0.15, 0.2) is 47.4 Å². The number of nitrogens with zero attached hydrogens (tertiary/aromatic N) is 1. The topological polar surface area (TPSA) is 103 Å². The Kier molecular flexibility index (Phi) is 8.12. The lowest BCUT2D eigenvalue weighted by atomic mass is 9.95. The lowest BCUT2D eigenvalue weighted by Gasteiger charge is -2.26. The molecule has 0 bridgehead atoms. The summed E-state index contributed by atoms with van der Waals surface area (Å²) in [6, 6.07) is 9.77. The normalized spacial score (nSPS) is 17.4. The number of hydrogen-bond acceptors (Lipinski definition) is 5. The highest BCUT2D eigenvalue weighted by Gasteiger charge is 2.31. The zero-order valence-corrected chi connectivity index (χ0v) is 20.7. The molecule has 1 heterocycles. The minimum atomic E-state index is -1.32. The standard InChI is InChI=1S/C25H32FN3O4S/c1-33-15-16-5-7-17(8-6-16)23(28-25(32)29-12-11-19(30)14-29)24(31)22(27)18-9-10-21(20(26)13-18)34(2,3)4/h5-10,13,19,23,27,30H,11-12,14-15H2,1-4H3,(H,28,32). The molecule has 2 aromatic rings. The number of halogens is 1. The number of rotatable bonds is 8. The van der Waals surface area contributed by atoms with Crippen LogP contribution in [0.4, 0.5) is 9.18 Å². The van der Waals surface area contributed by atoms with Crippen LogP contribution in [0.25, 0.3) is 0 Å². The molecule has 34 heavy (non-hydrogen) atoms. The SMILES string of the molecule is COCc1ccc(C(NC(=O)N2CCC(O)C2)C(=O)C(=N)c2ccc(S(C)(C)C)c(F)c2)cc1. The number of amides is 2. The fourth-order valence-corrected chi connectivity index (χ4v) is 4.97. The zero-order valence-electron chi connectivity index (χ0n) is 19.9. The first-order valence-electron chi connectivity index (χ1n) is 10.9. The fourth-order valence-electron chi connectivity index (χ4n) is 3.85. The van der Waals surface area contributed by atoms with E-state index in [9.17, 15) is 19.1 Å². The minimum Gasteiger partial charge on any atom is -0.391 e. The van der Waals surface area contributed by atoms with Crippen molar-refractivity contribution in [2.24, 2.45) is 0 Å². The van der Waals surface area contributed by atoms with E-state index in [0.717, 1.165) is 5.56 Å². The molecule has 2 unspecified atom stereocenters. The Hall–Kier alpha value is -2.75. The lowest BCUT2D eigenvalue weighted by Crippen LogP contribution is -2.44. The van der Waals surface area contributed by atoms with Crippen LogP contribution in [0.5, 0.6) is 0 Å². The van der Waals surface area contributed by atoms with E-state index in [0.29, 0.717) is 30.0 Å². The maximum atomic E-state index is 14.8. The van der Waals surface area contributed by atoms with Gasteiger partial charge >= 0.3 is 6.03 Å². The van der Waals surface area contributed by atoms with E-state index in [2.05, 4.69) is 5.32 Å². The number of nitrogens with one attached hydrogen (secondary N) is 2. The summed E-state index contributed by atoms with van der Waals surface area (Å²) < 4.78 is 19.9. The van der Waals surface area contributed by atoms with Gasteiger partial charge in [0.05, 0.1) is 12.7 Å². The molecule has 2 atom stereocenters. The fraction of sp³-hybridized carbons (Fsp3) is 0.400. The number of ketones is 1. The number of β-amino-alcohol motifs (C(OH)–C–C–N with tert-alkyl or cyclic N) is 1. The summed E-state index contributed by atoms with van der Waals surface area (Å²) in [6.07, 6.45) is 5.77. The first kappa shape index (κ1) is 25.9. The Morgan fingerprint density at radius 2 is 1.91 bits per heavy atom. The van der Waals surface area contributed by atoms with E-state index < -0.39 is 39.8 Å². The van der Waals surface area contributed by atoms with Crippen LogP contribution >= 0.6 is 10.0 Å². The molecular weight excluding hydrogens is 457 g/mol. The second-order valence-corrected chi connectivity index (χ2v) is 13.3. The predicted molar refractivity (Wildman–Crippen MR) is 132 cm³/mol. The molecule has 1 saturated heterocycles. The van der Waals surface area contributed by atoms with E-state index in [4.69, 9.17) is 10.1 Å². The Balaban J connectivity index is 1.89. The Bertz CT molecular complexity index is 1070. The van der Waals surface area contributed by atoms with Gasteiger partial charge in [0.25, 0.3) is 0 Å². The smallest absolute Gasteiger partial charge is 0.318 e. The highest BCUT2D eigenvalue weighted by Crippen LogP contribution is 2.46. The average molecular weight is 490 g/mol. The molecule has 2 aromatic carbocycles. The van der Waals surface area contributed by atoms with Crippen LogP contribution < -0.4 is 5.32 Å². The third-order valence-corrected chi connectivity index (χ3v) is 7.38. The molecule has 3 rings (SSSR count). The largest absolute Gasteiger partial charge is 0.391 e. The van der Waals surface area contributed by atoms with Crippen molar-refractivity contribution in [3.63, 3.8) is 0 Å². The summed E-state index contributed by atoms with van der Waals surface area (Å²) in [7, 11) is 0.263. The van der Waals surface area contributed by atoms with Gasteiger partial charge in [-0.3, -0.25) is 10.2 Å². The van der Waals surface area contributed by atoms with Crippen LogP contribution in [0, 0.1) is 11.2 Å². The molecule has 0 aliphatic carbocycles. The van der Waals surface area contributed by atoms with Gasteiger partial charge in [0, 0.05) is 30.7 Å². The number of ether oxygens (including phenoxy) is 1. The second-order valence-electron chi connectivity index (χ2n) is 9.17. The van der Waals surface area contributed by atoms with Crippen LogP contribution in [-0.2, 0) is 16.1 Å². The number of benzene rings is 2. The molecule has 0 radical (unpaired) electrons. The highest BCUT2D eigenvalue weighted by atomic mass is 32.3. The van der Waals surface area contributed by atoms with E-state index in [1.54, 1.807) is 43.5 Å². The number of likely N-dealkylation sites (tertiary alicyclic amines) is 1. The van der Waals surface area contributed by atoms with Gasteiger partial charge in [-0.05, 0) is 48.4 Å². The van der Waals surface area contributed by atoms with Gasteiger partial charge in [-0.25, -0.2) is 19.2 Å². The summed E-state index contributed by atoms with van der Waals surface area (Å²) in [4.78, 5) is 28.2. The van der Waals surface area contributed by atoms with Gasteiger partial charge in [-0.2, -0.15) is 0 Å². The molecule has 9 heteroatoms. The molecule has 7 nitrogen and oxygen atoms in total. The van der Waals surface area contributed by atoms with Crippen molar-refractivity contribution in [2.75, 3.05) is 39.0 Å². The molecule has 184 valence electrons. The lowest BCUT2D eigenvalue weighted by molar-refractivity contribution is -0.114. The maximum Gasteiger partial charge on any atom is 0.318 e. The minimum absolute atomic E-state index is 0.154. The first-order chi connectivity index (χ1) is 16.0. The number of aliphatic hydroxyl groups is 1. The summed E-state index contributed by atoms with van der Waals surface area (Å²) >= 11 is 0. The van der Waals surface area contributed by atoms with Crippen molar-refractivity contribution in [3.8, 4) is 0 Å². The molecule has 0 saturated carbocycles. The first-order valence-corrected chi connectivity index (χ1v) is 13.8. The number of urea groups is 1. The number of aliphatic hydroxyl groups excluding tert-OH is 1. The summed E-state index contributed by atoms with van der Waals surface area (Å²) in [5.41, 5.74) is 1.16. The van der Waals surface area contributed by atoms with E-state index in [1.807, 2.05) is 18.8 Å². The van der Waals surface area contributed by atoms with Gasteiger partial charge in [-0.15, -0.1) is 0 Å². The van der Waals surface area contributed by atoms with Crippen molar-refractivity contribution in [1.82, 2.24) is 10.2 Å². The third-order valence-electron chi connectivity index (χ3n) is 5.73. The van der Waals surface area contributed by atoms with Crippen molar-refractivity contribution in [1.29, 1.82) is 5.41 Å². The van der Waals surface area contributed by atoms with Crippen molar-refractivity contribution in [3.05, 3.63) is 65.0 Å². The van der Waals surface area contributed by atoms with Gasteiger partial charge < -0.3 is 20.1 Å². The molecule has 1 fully saturated rings. The second kappa shape index (κ2) is 10.7. The Morgan fingerprint density at radius 3 is 2.44 bits per heavy atom. The number of carbonyl (C=O) groups is 2. The number of methoxy groups -OCH3 is 1. The van der Waals surface area contributed by atoms with E-state index >= 15 is 0 Å². The van der Waals surface area contributed by atoms with E-state index in [-0.39, 0.29) is 17.8 Å². The molecular formula is C25H32FN3O4S.